The van der Waals surface area contributed by atoms with Gasteiger partial charge in [0.05, 0.1) is 11.7 Å². The zero-order valence-electron chi connectivity index (χ0n) is 11.2. The summed E-state index contributed by atoms with van der Waals surface area (Å²) in [5.41, 5.74) is 2.61. The average molecular weight is 232 g/mol. The second-order valence-electron chi connectivity index (χ2n) is 5.16. The molecule has 1 aromatic rings. The Hall–Kier alpha value is -0.890. The first-order valence-corrected chi connectivity index (χ1v) is 6.98. The van der Waals surface area contributed by atoms with Crippen molar-refractivity contribution in [1.82, 2.24) is 9.88 Å². The molecule has 2 rings (SSSR count). The van der Waals surface area contributed by atoms with Gasteiger partial charge in [0, 0.05) is 6.20 Å². The van der Waals surface area contributed by atoms with Crippen LogP contribution >= 0.6 is 0 Å². The van der Waals surface area contributed by atoms with E-state index in [0.717, 1.165) is 0 Å². The number of pyridine rings is 1. The van der Waals surface area contributed by atoms with E-state index in [4.69, 9.17) is 0 Å². The molecule has 1 fully saturated rings. The summed E-state index contributed by atoms with van der Waals surface area (Å²) in [4.78, 5) is 7.21. The van der Waals surface area contributed by atoms with Crippen molar-refractivity contribution in [2.45, 2.75) is 52.0 Å². The van der Waals surface area contributed by atoms with E-state index >= 15 is 0 Å². The highest BCUT2D eigenvalue weighted by Crippen LogP contribution is 2.30. The van der Waals surface area contributed by atoms with Crippen molar-refractivity contribution in [1.29, 1.82) is 0 Å². The second kappa shape index (κ2) is 6.15. The summed E-state index contributed by atoms with van der Waals surface area (Å²) in [6.07, 6.45) is 8.53. The molecule has 1 atom stereocenters. The van der Waals surface area contributed by atoms with Crippen LogP contribution in [0.15, 0.2) is 18.3 Å². The highest BCUT2D eigenvalue weighted by Gasteiger charge is 2.24. The predicted octanol–water partition coefficient (Wildman–Crippen LogP) is 3.72. The fourth-order valence-corrected chi connectivity index (χ4v) is 2.70. The number of aryl methyl sites for hydroxylation is 1. The van der Waals surface area contributed by atoms with E-state index in [0.29, 0.717) is 6.04 Å². The smallest absolute Gasteiger partial charge is 0.0578 e. The molecule has 1 aliphatic heterocycles. The van der Waals surface area contributed by atoms with Gasteiger partial charge in [-0.3, -0.25) is 9.88 Å². The molecule has 2 heterocycles. The fraction of sp³-hybridized carbons (Fsp3) is 0.667. The highest BCUT2D eigenvalue weighted by molar-refractivity contribution is 5.17. The van der Waals surface area contributed by atoms with E-state index in [1.54, 1.807) is 0 Å². The van der Waals surface area contributed by atoms with Crippen molar-refractivity contribution in [3.8, 4) is 0 Å². The van der Waals surface area contributed by atoms with Crippen LogP contribution in [-0.4, -0.2) is 23.0 Å². The number of rotatable bonds is 4. The lowest BCUT2D eigenvalue weighted by Gasteiger charge is -2.35. The Morgan fingerprint density at radius 2 is 2.29 bits per heavy atom. The van der Waals surface area contributed by atoms with Gasteiger partial charge in [0.25, 0.3) is 0 Å². The molecule has 0 radical (unpaired) electrons. The van der Waals surface area contributed by atoms with Gasteiger partial charge in [-0.1, -0.05) is 19.8 Å². The van der Waals surface area contributed by atoms with E-state index in [9.17, 15) is 0 Å². The summed E-state index contributed by atoms with van der Waals surface area (Å²) in [6, 6.07) is 4.91. The van der Waals surface area contributed by atoms with Gasteiger partial charge in [-0.15, -0.1) is 0 Å². The molecule has 2 nitrogen and oxygen atoms in total. The third-order valence-electron chi connectivity index (χ3n) is 3.69. The van der Waals surface area contributed by atoms with E-state index in [1.165, 1.54) is 56.5 Å². The number of piperidine rings is 1. The lowest BCUT2D eigenvalue weighted by molar-refractivity contribution is 0.143. The lowest BCUT2D eigenvalue weighted by atomic mass is 9.98. The Bertz CT molecular complexity index is 349. The minimum atomic E-state index is 0.565. The topological polar surface area (TPSA) is 16.1 Å². The number of likely N-dealkylation sites (tertiary alicyclic amines) is 1. The van der Waals surface area contributed by atoms with Crippen molar-refractivity contribution in [2.75, 3.05) is 13.1 Å². The van der Waals surface area contributed by atoms with Crippen LogP contribution in [0, 0.1) is 6.92 Å². The summed E-state index contributed by atoms with van der Waals surface area (Å²) < 4.78 is 0. The van der Waals surface area contributed by atoms with Gasteiger partial charge in [-0.25, -0.2) is 0 Å². The van der Waals surface area contributed by atoms with Gasteiger partial charge in [0.2, 0.25) is 0 Å². The number of hydrogen-bond donors (Lipinski definition) is 0. The van der Waals surface area contributed by atoms with Crippen LogP contribution in [0.3, 0.4) is 0 Å². The summed E-state index contributed by atoms with van der Waals surface area (Å²) in [5, 5.41) is 0. The summed E-state index contributed by atoms with van der Waals surface area (Å²) in [7, 11) is 0. The standard InChI is InChI=1S/C15H24N2/c1-3-4-10-17-11-6-5-7-15(17)14-12-13(2)8-9-16-14/h8-9,12,15H,3-7,10-11H2,1-2H3/t15-/m0/s1. The first-order chi connectivity index (χ1) is 8.31. The number of hydrogen-bond acceptors (Lipinski definition) is 2. The van der Waals surface area contributed by atoms with Crippen molar-refractivity contribution in [3.63, 3.8) is 0 Å². The number of aromatic nitrogens is 1. The molecule has 0 spiro atoms. The minimum absolute atomic E-state index is 0.565. The first-order valence-electron chi connectivity index (χ1n) is 6.98. The molecule has 0 unspecified atom stereocenters. The molecule has 2 heteroatoms. The molecule has 0 amide bonds. The summed E-state index contributed by atoms with van der Waals surface area (Å²) in [5.74, 6) is 0. The maximum atomic E-state index is 4.58. The molecule has 1 saturated heterocycles. The van der Waals surface area contributed by atoms with Crippen molar-refractivity contribution >= 4 is 0 Å². The molecular formula is C15H24N2. The van der Waals surface area contributed by atoms with Gasteiger partial charge in [-0.2, -0.15) is 0 Å². The monoisotopic (exact) mass is 232 g/mol. The second-order valence-corrected chi connectivity index (χ2v) is 5.16. The van der Waals surface area contributed by atoms with Gasteiger partial charge in [0.1, 0.15) is 0 Å². The SMILES string of the molecule is CCCCN1CCCC[C@H]1c1cc(C)ccn1. The maximum absolute atomic E-state index is 4.58. The maximum Gasteiger partial charge on any atom is 0.0578 e. The van der Waals surface area contributed by atoms with Crippen LogP contribution < -0.4 is 0 Å². The Balaban J connectivity index is 2.10. The van der Waals surface area contributed by atoms with E-state index in [2.05, 4.69) is 35.9 Å². The molecular weight excluding hydrogens is 208 g/mol. The molecule has 0 N–H and O–H groups in total. The van der Waals surface area contributed by atoms with Crippen molar-refractivity contribution < 1.29 is 0 Å². The quantitative estimate of drug-likeness (QED) is 0.786. The normalized spacial score (nSPS) is 21.6. The Morgan fingerprint density at radius 3 is 3.06 bits per heavy atom. The van der Waals surface area contributed by atoms with Gasteiger partial charge in [-0.05, 0) is 57.0 Å². The molecule has 94 valence electrons. The van der Waals surface area contributed by atoms with Crippen molar-refractivity contribution in [3.05, 3.63) is 29.6 Å². The molecule has 17 heavy (non-hydrogen) atoms. The Labute approximate surface area is 105 Å². The van der Waals surface area contributed by atoms with Crippen molar-refractivity contribution in [2.24, 2.45) is 0 Å². The highest BCUT2D eigenvalue weighted by atomic mass is 15.2. The summed E-state index contributed by atoms with van der Waals surface area (Å²) in [6.45, 7) is 6.91. The molecule has 0 aliphatic carbocycles. The largest absolute Gasteiger partial charge is 0.295 e. The molecule has 0 saturated carbocycles. The third-order valence-corrected chi connectivity index (χ3v) is 3.69. The average Bonchev–Trinajstić information content (AvgIpc) is 2.37. The van der Waals surface area contributed by atoms with Crippen LogP contribution in [0.2, 0.25) is 0 Å². The van der Waals surface area contributed by atoms with Gasteiger partial charge in [0.15, 0.2) is 0 Å². The van der Waals surface area contributed by atoms with Crippen LogP contribution in [0.5, 0.6) is 0 Å². The van der Waals surface area contributed by atoms with Crippen LogP contribution in [0.1, 0.15) is 56.3 Å². The van der Waals surface area contributed by atoms with Crippen LogP contribution in [0.25, 0.3) is 0 Å². The molecule has 0 bridgehead atoms. The van der Waals surface area contributed by atoms with E-state index in [1.807, 2.05) is 6.20 Å². The Kier molecular flexibility index (Phi) is 4.55. The molecule has 1 aromatic heterocycles. The van der Waals surface area contributed by atoms with Crippen LogP contribution in [-0.2, 0) is 0 Å². The summed E-state index contributed by atoms with van der Waals surface area (Å²) >= 11 is 0. The first kappa shape index (κ1) is 12.6. The number of unbranched alkanes of at least 4 members (excludes halogenated alkanes) is 1. The zero-order valence-corrected chi connectivity index (χ0v) is 11.2. The number of nitrogens with zero attached hydrogens (tertiary/aromatic N) is 2. The third kappa shape index (κ3) is 3.29. The van der Waals surface area contributed by atoms with Crippen LogP contribution in [0.4, 0.5) is 0 Å². The lowest BCUT2D eigenvalue weighted by Crippen LogP contribution is -2.34. The Morgan fingerprint density at radius 1 is 1.41 bits per heavy atom. The van der Waals surface area contributed by atoms with Gasteiger partial charge < -0.3 is 0 Å². The predicted molar refractivity (Wildman–Crippen MR) is 72.0 cm³/mol. The zero-order chi connectivity index (χ0) is 12.1. The fourth-order valence-electron chi connectivity index (χ4n) is 2.70. The van der Waals surface area contributed by atoms with E-state index in [-0.39, 0.29) is 0 Å². The molecule has 1 aliphatic rings. The van der Waals surface area contributed by atoms with E-state index < -0.39 is 0 Å². The molecule has 0 aromatic carbocycles. The minimum Gasteiger partial charge on any atom is -0.295 e. The van der Waals surface area contributed by atoms with Gasteiger partial charge >= 0.3 is 0 Å².